The van der Waals surface area contributed by atoms with Crippen LogP contribution in [0.5, 0.6) is 0 Å². The summed E-state index contributed by atoms with van der Waals surface area (Å²) in [5, 5.41) is 13.6. The highest BCUT2D eigenvalue weighted by Gasteiger charge is 2.16. The molecule has 6 nitrogen and oxygen atoms in total. The van der Waals surface area contributed by atoms with Gasteiger partial charge in [-0.2, -0.15) is 0 Å². The molecule has 27 heavy (non-hydrogen) atoms. The van der Waals surface area contributed by atoms with Crippen molar-refractivity contribution in [2.24, 2.45) is 0 Å². The Labute approximate surface area is 158 Å². The number of hydrogen-bond acceptors (Lipinski definition) is 4. The fourth-order valence-corrected chi connectivity index (χ4v) is 2.79. The number of benzene rings is 2. The molecule has 0 saturated carbocycles. The summed E-state index contributed by atoms with van der Waals surface area (Å²) in [5.41, 5.74) is 1.08. The van der Waals surface area contributed by atoms with Gasteiger partial charge in [0.2, 0.25) is 0 Å². The number of nitrogens with zero attached hydrogens (tertiary/aromatic N) is 1. The van der Waals surface area contributed by atoms with E-state index in [1.807, 2.05) is 0 Å². The number of nitrogens with one attached hydrogen (secondary N) is 1. The maximum Gasteiger partial charge on any atom is 0.287 e. The van der Waals surface area contributed by atoms with E-state index in [-0.39, 0.29) is 22.3 Å². The quantitative estimate of drug-likeness (QED) is 0.493. The van der Waals surface area contributed by atoms with Crippen LogP contribution in [-0.4, -0.2) is 17.4 Å². The number of hydrogen-bond donors (Lipinski definition) is 1. The summed E-state index contributed by atoms with van der Waals surface area (Å²) >= 11 is 6.07. The summed E-state index contributed by atoms with van der Waals surface area (Å²) in [6.07, 6.45) is 0.477. The van der Waals surface area contributed by atoms with Crippen molar-refractivity contribution in [3.8, 4) is 11.3 Å². The molecule has 0 bridgehead atoms. The van der Waals surface area contributed by atoms with Crippen molar-refractivity contribution < 1.29 is 18.5 Å². The largest absolute Gasteiger partial charge is 0.451 e. The first-order chi connectivity index (χ1) is 12.9. The Morgan fingerprint density at radius 2 is 2.00 bits per heavy atom. The first-order valence-electron chi connectivity index (χ1n) is 8.01. The summed E-state index contributed by atoms with van der Waals surface area (Å²) in [7, 11) is 0. The third-order valence-corrected chi connectivity index (χ3v) is 4.16. The molecule has 0 fully saturated rings. The Balaban J connectivity index is 1.64. The van der Waals surface area contributed by atoms with E-state index < -0.39 is 10.8 Å². The second kappa shape index (κ2) is 8.01. The molecular weight excluding hydrogens is 375 g/mol. The van der Waals surface area contributed by atoms with Crippen molar-refractivity contribution in [3.63, 3.8) is 0 Å². The van der Waals surface area contributed by atoms with Gasteiger partial charge in [-0.25, -0.2) is 4.39 Å². The number of carbonyl (C=O) groups excluding carboxylic acids is 1. The zero-order valence-corrected chi connectivity index (χ0v) is 14.7. The monoisotopic (exact) mass is 388 g/mol. The van der Waals surface area contributed by atoms with Gasteiger partial charge in [0.25, 0.3) is 11.6 Å². The van der Waals surface area contributed by atoms with Gasteiger partial charge in [0, 0.05) is 24.2 Å². The molecule has 1 aromatic heterocycles. The highest BCUT2D eigenvalue weighted by molar-refractivity contribution is 6.33. The molecule has 8 heteroatoms. The zero-order chi connectivity index (χ0) is 19.4. The lowest BCUT2D eigenvalue weighted by Crippen LogP contribution is -2.25. The fourth-order valence-electron chi connectivity index (χ4n) is 2.52. The molecule has 0 atom stereocenters. The van der Waals surface area contributed by atoms with Gasteiger partial charge in [-0.05, 0) is 42.3 Å². The number of nitro benzene ring substituents is 1. The maximum absolute atomic E-state index is 13.1. The van der Waals surface area contributed by atoms with Crippen LogP contribution >= 0.6 is 11.6 Å². The van der Waals surface area contributed by atoms with Crippen LogP contribution in [-0.2, 0) is 6.42 Å². The van der Waals surface area contributed by atoms with Crippen molar-refractivity contribution in [3.05, 3.63) is 86.9 Å². The Hall–Kier alpha value is -3.19. The van der Waals surface area contributed by atoms with Crippen LogP contribution in [0.2, 0.25) is 5.02 Å². The molecule has 1 amide bonds. The molecule has 138 valence electrons. The summed E-state index contributed by atoms with van der Waals surface area (Å²) in [5.74, 6) is -0.339. The van der Waals surface area contributed by atoms with Crippen molar-refractivity contribution in [1.29, 1.82) is 0 Å². The number of non-ortho nitro benzene ring substituents is 1. The van der Waals surface area contributed by atoms with Crippen molar-refractivity contribution >= 4 is 23.2 Å². The van der Waals surface area contributed by atoms with Crippen molar-refractivity contribution in [2.45, 2.75) is 6.42 Å². The van der Waals surface area contributed by atoms with Crippen LogP contribution in [0.4, 0.5) is 10.1 Å². The number of amides is 1. The molecule has 1 heterocycles. The second-order valence-corrected chi connectivity index (χ2v) is 6.13. The Morgan fingerprint density at radius 1 is 1.19 bits per heavy atom. The highest BCUT2D eigenvalue weighted by atomic mass is 35.5. The van der Waals surface area contributed by atoms with Gasteiger partial charge in [0.1, 0.15) is 11.6 Å². The smallest absolute Gasteiger partial charge is 0.287 e. The van der Waals surface area contributed by atoms with Crippen molar-refractivity contribution in [1.82, 2.24) is 5.32 Å². The Kier molecular flexibility index (Phi) is 5.52. The summed E-state index contributed by atoms with van der Waals surface area (Å²) in [4.78, 5) is 22.4. The van der Waals surface area contributed by atoms with Gasteiger partial charge in [-0.15, -0.1) is 0 Å². The van der Waals surface area contributed by atoms with Gasteiger partial charge < -0.3 is 9.73 Å². The van der Waals surface area contributed by atoms with Crippen LogP contribution in [0, 0.1) is 15.9 Å². The molecule has 0 aliphatic carbocycles. The van der Waals surface area contributed by atoms with E-state index >= 15 is 0 Å². The SMILES string of the molecule is O=C(NCCc1cccc(F)c1)c1ccc(-c2ccc([N+](=O)[O-])cc2Cl)o1. The molecule has 0 unspecified atom stereocenters. The lowest BCUT2D eigenvalue weighted by molar-refractivity contribution is -0.384. The van der Waals surface area contributed by atoms with E-state index in [1.165, 1.54) is 36.4 Å². The molecule has 0 saturated heterocycles. The predicted molar refractivity (Wildman–Crippen MR) is 98.2 cm³/mol. The van der Waals surface area contributed by atoms with Gasteiger partial charge in [0.05, 0.1) is 9.95 Å². The second-order valence-electron chi connectivity index (χ2n) is 5.72. The minimum Gasteiger partial charge on any atom is -0.451 e. The first-order valence-corrected chi connectivity index (χ1v) is 8.38. The first kappa shape index (κ1) is 18.6. The molecule has 1 N–H and O–H groups in total. The van der Waals surface area contributed by atoms with Gasteiger partial charge in [-0.3, -0.25) is 14.9 Å². The van der Waals surface area contributed by atoms with E-state index in [2.05, 4.69) is 5.32 Å². The van der Waals surface area contributed by atoms with Gasteiger partial charge in [-0.1, -0.05) is 23.7 Å². The van der Waals surface area contributed by atoms with Crippen LogP contribution in [0.3, 0.4) is 0 Å². The summed E-state index contributed by atoms with van der Waals surface area (Å²) < 4.78 is 18.6. The number of nitro groups is 1. The third kappa shape index (κ3) is 4.51. The Morgan fingerprint density at radius 3 is 2.70 bits per heavy atom. The van der Waals surface area contributed by atoms with Gasteiger partial charge >= 0.3 is 0 Å². The maximum atomic E-state index is 13.1. The fraction of sp³-hybridized carbons (Fsp3) is 0.105. The van der Waals surface area contributed by atoms with Crippen LogP contribution in [0.1, 0.15) is 16.1 Å². The van der Waals surface area contributed by atoms with Crippen LogP contribution in [0.25, 0.3) is 11.3 Å². The predicted octanol–water partition coefficient (Wildman–Crippen LogP) is 4.62. The summed E-state index contributed by atoms with van der Waals surface area (Å²) in [6, 6.07) is 13.2. The molecule has 0 spiro atoms. The molecule has 0 radical (unpaired) electrons. The minimum atomic E-state index is -0.546. The molecule has 3 aromatic rings. The molecule has 3 rings (SSSR count). The average Bonchev–Trinajstić information content (AvgIpc) is 3.11. The lowest BCUT2D eigenvalue weighted by Gasteiger charge is -2.04. The van der Waals surface area contributed by atoms with Gasteiger partial charge in [0.15, 0.2) is 5.76 Å². The topological polar surface area (TPSA) is 85.4 Å². The number of rotatable bonds is 6. The highest BCUT2D eigenvalue weighted by Crippen LogP contribution is 2.32. The number of halogens is 2. The minimum absolute atomic E-state index is 0.0821. The number of furan rings is 1. The van der Waals surface area contributed by atoms with E-state index in [9.17, 15) is 19.3 Å². The Bertz CT molecular complexity index is 1000. The standard InChI is InChI=1S/C19H14ClFN2O4/c20-16-11-14(23(25)26)4-5-15(16)17-6-7-18(27-17)19(24)22-9-8-12-2-1-3-13(21)10-12/h1-7,10-11H,8-9H2,(H,22,24). The van der Waals surface area contributed by atoms with Crippen LogP contribution < -0.4 is 5.32 Å². The zero-order valence-electron chi connectivity index (χ0n) is 13.9. The molecule has 0 aliphatic rings. The van der Waals surface area contributed by atoms with E-state index in [0.29, 0.717) is 24.3 Å². The molecule has 2 aromatic carbocycles. The van der Waals surface area contributed by atoms with E-state index in [0.717, 1.165) is 5.56 Å². The number of carbonyl (C=O) groups is 1. The van der Waals surface area contributed by atoms with E-state index in [1.54, 1.807) is 18.2 Å². The summed E-state index contributed by atoms with van der Waals surface area (Å²) in [6.45, 7) is 0.316. The third-order valence-electron chi connectivity index (χ3n) is 3.85. The van der Waals surface area contributed by atoms with Crippen molar-refractivity contribution in [2.75, 3.05) is 6.54 Å². The van der Waals surface area contributed by atoms with E-state index in [4.69, 9.17) is 16.0 Å². The lowest BCUT2D eigenvalue weighted by atomic mass is 10.1. The molecular formula is C19H14ClFN2O4. The van der Waals surface area contributed by atoms with Crippen LogP contribution in [0.15, 0.2) is 59.0 Å². The molecule has 0 aliphatic heterocycles. The normalized spacial score (nSPS) is 10.6. The average molecular weight is 389 g/mol.